The summed E-state index contributed by atoms with van der Waals surface area (Å²) in [7, 11) is -13.5. The van der Waals surface area contributed by atoms with Gasteiger partial charge in [0.1, 0.15) is 10.6 Å². The highest BCUT2D eigenvalue weighted by Gasteiger charge is 2.35. The van der Waals surface area contributed by atoms with Crippen LogP contribution in [0.3, 0.4) is 0 Å². The highest BCUT2D eigenvalue weighted by atomic mass is 32.2. The third-order valence-electron chi connectivity index (χ3n) is 6.39. The van der Waals surface area contributed by atoms with Gasteiger partial charge in [-0.15, -0.1) is 4.33 Å². The van der Waals surface area contributed by atoms with Gasteiger partial charge in [-0.1, -0.05) is 11.1 Å². The van der Waals surface area contributed by atoms with Crippen LogP contribution in [-0.4, -0.2) is 78.5 Å². The highest BCUT2D eigenvalue weighted by Crippen LogP contribution is 2.36. The molecule has 0 bridgehead atoms. The molecule has 1 amide bonds. The SMILES string of the molecule is COCc1[nH]n(-c2cc(S(=O)(=O)O)ccc2S(=O)(=O)O)c(=O)c1/C=C/C=C1\C(=O)N(c2cc(S(=O)(=O)O)ccc2SOOO)N=C1C(C)=O. The number of hydrogen-bond donors (Lipinski definition) is 5. The molecular weight excluding hydrogens is 741 g/mol. The lowest BCUT2D eigenvalue weighted by Gasteiger charge is -2.16. The fraction of sp³-hybridized carbons (Fsp3) is 0.120. The van der Waals surface area contributed by atoms with Crippen molar-refractivity contribution in [3.63, 3.8) is 0 Å². The second-order valence-electron chi connectivity index (χ2n) is 9.55. The average molecular weight is 763 g/mol. The molecule has 0 fully saturated rings. The number of anilines is 1. The Kier molecular flexibility index (Phi) is 10.9. The summed E-state index contributed by atoms with van der Waals surface area (Å²) in [5, 5.41) is 19.2. The standard InChI is InChI=1S/C25H22N4O16S4/c1-13(30)23-17(25(32)28(27-23)19-10-14(47(34,35)36)6-8-21(19)46-45-44-33)5-3-4-16-18(12-43-2)26-29(24(16)31)20-11-15(48(37,38)39)7-9-22(20)49(40,41)42/h3-11,26,33H,12H2,1-2H3,(H,34,35,36)(H,37,38,39)(H,40,41,42)/b4-3+,17-5-. The first-order chi connectivity index (χ1) is 22.8. The van der Waals surface area contributed by atoms with Crippen LogP contribution in [0.25, 0.3) is 11.8 Å². The summed E-state index contributed by atoms with van der Waals surface area (Å²) >= 11 is 0.311. The molecule has 0 aliphatic carbocycles. The number of amides is 1. The number of rotatable bonds is 13. The number of methoxy groups -OCH3 is 1. The van der Waals surface area contributed by atoms with Gasteiger partial charge >= 0.3 is 0 Å². The van der Waals surface area contributed by atoms with Gasteiger partial charge in [-0.25, -0.2) is 9.94 Å². The van der Waals surface area contributed by atoms with Crippen molar-refractivity contribution in [3.05, 3.63) is 75.7 Å². The summed E-state index contributed by atoms with van der Waals surface area (Å²) in [6.07, 6.45) is 3.29. The van der Waals surface area contributed by atoms with Crippen LogP contribution in [0.5, 0.6) is 0 Å². The summed E-state index contributed by atoms with van der Waals surface area (Å²) in [6, 6.07) is 4.79. The number of ether oxygens (including phenoxy) is 1. The molecule has 262 valence electrons. The lowest BCUT2D eigenvalue weighted by atomic mass is 10.1. The topological polar surface area (TPSA) is 299 Å². The fourth-order valence-electron chi connectivity index (χ4n) is 4.32. The summed E-state index contributed by atoms with van der Waals surface area (Å²) in [5.74, 6) is -1.73. The maximum atomic E-state index is 13.5. The van der Waals surface area contributed by atoms with E-state index >= 15 is 0 Å². The molecule has 0 atom stereocenters. The molecule has 0 radical (unpaired) electrons. The van der Waals surface area contributed by atoms with Gasteiger partial charge in [-0.2, -0.15) is 35.4 Å². The van der Waals surface area contributed by atoms with Crippen molar-refractivity contribution >= 4 is 71.6 Å². The largest absolute Gasteiger partial charge is 0.378 e. The van der Waals surface area contributed by atoms with E-state index in [0.29, 0.717) is 39.9 Å². The molecule has 1 aliphatic rings. The van der Waals surface area contributed by atoms with E-state index in [1.807, 2.05) is 0 Å². The quantitative estimate of drug-likeness (QED) is 0.0540. The molecule has 0 unspecified atom stereocenters. The Balaban J connectivity index is 1.83. The predicted molar refractivity (Wildman–Crippen MR) is 166 cm³/mol. The number of Topliss-reactive ketones (excluding diaryl/α,β-unsaturated/α-hetero) is 1. The van der Waals surface area contributed by atoms with Gasteiger partial charge in [0.15, 0.2) is 5.78 Å². The number of H-pyrrole nitrogens is 1. The molecule has 0 saturated carbocycles. The van der Waals surface area contributed by atoms with Gasteiger partial charge < -0.3 is 4.74 Å². The van der Waals surface area contributed by atoms with Crippen LogP contribution < -0.4 is 10.6 Å². The molecule has 5 N–H and O–H groups in total. The zero-order valence-electron chi connectivity index (χ0n) is 24.6. The summed E-state index contributed by atoms with van der Waals surface area (Å²) in [5.41, 5.74) is -3.08. The predicted octanol–water partition coefficient (Wildman–Crippen LogP) is 1.41. The molecule has 1 aliphatic heterocycles. The molecule has 2 heterocycles. The van der Waals surface area contributed by atoms with Gasteiger partial charge in [0.05, 0.1) is 61.5 Å². The molecule has 2 aromatic carbocycles. The maximum absolute atomic E-state index is 13.5. The Bertz CT molecular complexity index is 2340. The second-order valence-corrected chi connectivity index (χ2v) is 14.5. The number of benzene rings is 2. The van der Waals surface area contributed by atoms with E-state index in [2.05, 4.69) is 19.6 Å². The van der Waals surface area contributed by atoms with Crippen LogP contribution in [-0.2, 0) is 60.7 Å². The number of hydrazone groups is 1. The zero-order chi connectivity index (χ0) is 36.5. The van der Waals surface area contributed by atoms with E-state index in [-0.39, 0.29) is 34.0 Å². The van der Waals surface area contributed by atoms with Gasteiger partial charge in [0.25, 0.3) is 41.8 Å². The zero-order valence-corrected chi connectivity index (χ0v) is 27.8. The first kappa shape index (κ1) is 37.5. The summed E-state index contributed by atoms with van der Waals surface area (Å²) in [6.45, 7) is 0.754. The van der Waals surface area contributed by atoms with E-state index in [0.717, 1.165) is 43.4 Å². The number of aromatic nitrogens is 2. The number of nitrogens with zero attached hydrogens (tertiary/aromatic N) is 3. The number of aromatic amines is 1. The molecule has 1 aromatic heterocycles. The summed E-state index contributed by atoms with van der Waals surface area (Å²) < 4.78 is 110. The first-order valence-corrected chi connectivity index (χ1v) is 17.9. The average Bonchev–Trinajstić information content (AvgIpc) is 3.50. The van der Waals surface area contributed by atoms with Crippen LogP contribution in [0.1, 0.15) is 18.2 Å². The van der Waals surface area contributed by atoms with Crippen LogP contribution >= 0.6 is 12.0 Å². The second kappa shape index (κ2) is 14.3. The van der Waals surface area contributed by atoms with Gasteiger partial charge in [0, 0.05) is 14.0 Å². The lowest BCUT2D eigenvalue weighted by molar-refractivity contribution is -0.432. The fourth-order valence-corrected chi connectivity index (χ4v) is 6.43. The number of allylic oxidation sites excluding steroid dienone is 2. The third-order valence-corrected chi connectivity index (χ3v) is 9.64. The lowest BCUT2D eigenvalue weighted by Crippen LogP contribution is -2.23. The molecule has 24 heteroatoms. The molecule has 4 rings (SSSR count). The van der Waals surface area contributed by atoms with Crippen molar-refractivity contribution in [2.75, 3.05) is 12.1 Å². The first-order valence-electron chi connectivity index (χ1n) is 12.8. The molecular formula is C25H22N4O16S4. The van der Waals surface area contributed by atoms with Crippen LogP contribution in [0.2, 0.25) is 0 Å². The maximum Gasteiger partial charge on any atom is 0.296 e. The Morgan fingerprint density at radius 3 is 2.12 bits per heavy atom. The monoisotopic (exact) mass is 762 g/mol. The van der Waals surface area contributed by atoms with Crippen molar-refractivity contribution in [3.8, 4) is 5.69 Å². The number of hydrogen-bond acceptors (Lipinski definition) is 15. The highest BCUT2D eigenvalue weighted by molar-refractivity contribution is 7.94. The molecule has 20 nitrogen and oxygen atoms in total. The molecule has 49 heavy (non-hydrogen) atoms. The van der Waals surface area contributed by atoms with E-state index in [4.69, 9.17) is 9.99 Å². The van der Waals surface area contributed by atoms with Crippen molar-refractivity contribution in [1.29, 1.82) is 0 Å². The Morgan fingerprint density at radius 2 is 1.57 bits per heavy atom. The van der Waals surface area contributed by atoms with Crippen molar-refractivity contribution in [2.45, 2.75) is 33.1 Å². The molecule has 0 saturated heterocycles. The van der Waals surface area contributed by atoms with E-state index < -0.39 is 73.7 Å². The Morgan fingerprint density at radius 1 is 0.959 bits per heavy atom. The number of nitrogens with one attached hydrogen (secondary N) is 1. The third kappa shape index (κ3) is 8.11. The van der Waals surface area contributed by atoms with Crippen LogP contribution in [0.4, 0.5) is 5.69 Å². The minimum atomic E-state index is -5.05. The van der Waals surface area contributed by atoms with E-state index in [1.54, 1.807) is 0 Å². The summed E-state index contributed by atoms with van der Waals surface area (Å²) in [4.78, 5) is 37.0. The molecule has 3 aromatic rings. The minimum Gasteiger partial charge on any atom is -0.378 e. The van der Waals surface area contributed by atoms with Crippen molar-refractivity contribution < 1.29 is 67.9 Å². The van der Waals surface area contributed by atoms with Gasteiger partial charge in [-0.3, -0.25) is 33.1 Å². The van der Waals surface area contributed by atoms with Crippen LogP contribution in [0.15, 0.2) is 83.6 Å². The van der Waals surface area contributed by atoms with E-state index in [1.165, 1.54) is 7.11 Å². The van der Waals surface area contributed by atoms with Gasteiger partial charge in [-0.05, 0) is 48.6 Å². The smallest absolute Gasteiger partial charge is 0.296 e. The van der Waals surface area contributed by atoms with Crippen molar-refractivity contribution in [1.82, 2.24) is 9.78 Å². The molecule has 0 spiro atoms. The number of carbonyl (C=O) groups is 2. The van der Waals surface area contributed by atoms with Crippen molar-refractivity contribution in [2.24, 2.45) is 5.10 Å². The normalized spacial score (nSPS) is 15.1. The Labute approximate surface area is 280 Å². The van der Waals surface area contributed by atoms with E-state index in [9.17, 15) is 53.3 Å². The Hall–Kier alpha value is -4.34. The number of carbonyl (C=O) groups excluding carboxylic acids is 2. The van der Waals surface area contributed by atoms with Crippen LogP contribution in [0, 0.1) is 0 Å². The number of ketones is 1. The minimum absolute atomic E-state index is 0.0182. The van der Waals surface area contributed by atoms with Gasteiger partial charge in [0.2, 0.25) is 0 Å².